The Labute approximate surface area is 119 Å². The minimum Gasteiger partial charge on any atom is -0.399 e. The highest BCUT2D eigenvalue weighted by molar-refractivity contribution is 7.89. The van der Waals surface area contributed by atoms with Gasteiger partial charge in [-0.1, -0.05) is 0 Å². The summed E-state index contributed by atoms with van der Waals surface area (Å²) < 4.78 is 31.7. The van der Waals surface area contributed by atoms with Gasteiger partial charge < -0.3 is 15.8 Å². The number of hydrogen-bond donors (Lipinski definition) is 3. The summed E-state index contributed by atoms with van der Waals surface area (Å²) in [6.45, 7) is 0. The first-order chi connectivity index (χ1) is 9.46. The average Bonchev–Trinajstić information content (AvgIpc) is 2.88. The number of nitrogen functional groups attached to an aromatic ring is 1. The Kier molecular flexibility index (Phi) is 4.52. The van der Waals surface area contributed by atoms with E-state index in [1.165, 1.54) is 13.1 Å². The molecule has 1 saturated carbocycles. The number of hydrogen-bond acceptors (Lipinski definition) is 5. The summed E-state index contributed by atoms with van der Waals surface area (Å²) in [6, 6.07) is 5.09. The van der Waals surface area contributed by atoms with Crippen molar-refractivity contribution >= 4 is 21.4 Å². The van der Waals surface area contributed by atoms with Crippen LogP contribution in [0.15, 0.2) is 23.1 Å². The van der Waals surface area contributed by atoms with Crippen LogP contribution in [0.5, 0.6) is 0 Å². The normalized spacial score (nSPS) is 22.9. The molecule has 0 heterocycles. The van der Waals surface area contributed by atoms with Gasteiger partial charge in [-0.3, -0.25) is 0 Å². The molecule has 20 heavy (non-hydrogen) atoms. The number of nitrogens with one attached hydrogen (secondary N) is 2. The van der Waals surface area contributed by atoms with Crippen molar-refractivity contribution in [3.8, 4) is 0 Å². The highest BCUT2D eigenvalue weighted by atomic mass is 32.2. The molecule has 0 amide bonds. The van der Waals surface area contributed by atoms with Crippen LogP contribution in [0.25, 0.3) is 0 Å². The minimum absolute atomic E-state index is 0.181. The Morgan fingerprint density at radius 3 is 2.70 bits per heavy atom. The smallest absolute Gasteiger partial charge is 0.242 e. The first kappa shape index (κ1) is 15.1. The quantitative estimate of drug-likeness (QED) is 0.709. The van der Waals surface area contributed by atoms with Gasteiger partial charge in [0.15, 0.2) is 0 Å². The number of rotatable bonds is 5. The number of anilines is 2. The third kappa shape index (κ3) is 3.23. The molecule has 6 nitrogen and oxygen atoms in total. The van der Waals surface area contributed by atoms with Crippen LogP contribution >= 0.6 is 0 Å². The van der Waals surface area contributed by atoms with Gasteiger partial charge in [0.25, 0.3) is 0 Å². The van der Waals surface area contributed by atoms with Crippen LogP contribution in [0.1, 0.15) is 19.3 Å². The molecule has 0 radical (unpaired) electrons. The van der Waals surface area contributed by atoms with E-state index in [1.807, 2.05) is 0 Å². The van der Waals surface area contributed by atoms with Crippen LogP contribution in [0.3, 0.4) is 0 Å². The molecule has 1 aromatic carbocycles. The second-order valence-corrected chi connectivity index (χ2v) is 6.83. The second-order valence-electron chi connectivity index (χ2n) is 4.98. The molecule has 2 atom stereocenters. The third-order valence-electron chi connectivity index (χ3n) is 3.64. The fourth-order valence-electron chi connectivity index (χ4n) is 2.50. The van der Waals surface area contributed by atoms with Crippen molar-refractivity contribution in [2.75, 3.05) is 25.2 Å². The topological polar surface area (TPSA) is 93.5 Å². The van der Waals surface area contributed by atoms with Gasteiger partial charge >= 0.3 is 0 Å². The fraction of sp³-hybridized carbons (Fsp3) is 0.538. The summed E-state index contributed by atoms with van der Waals surface area (Å²) in [5.74, 6) is 0. The summed E-state index contributed by atoms with van der Waals surface area (Å²) in [5, 5.41) is 3.29. The van der Waals surface area contributed by atoms with E-state index >= 15 is 0 Å². The molecular formula is C13H21N3O3S. The molecule has 7 heteroatoms. The van der Waals surface area contributed by atoms with Crippen molar-refractivity contribution in [3.63, 3.8) is 0 Å². The molecule has 1 aliphatic rings. The number of benzene rings is 1. The van der Waals surface area contributed by atoms with E-state index < -0.39 is 10.0 Å². The first-order valence-corrected chi connectivity index (χ1v) is 8.07. The van der Waals surface area contributed by atoms with Crippen molar-refractivity contribution in [3.05, 3.63) is 18.2 Å². The molecule has 0 saturated heterocycles. The predicted molar refractivity (Wildman–Crippen MR) is 79.2 cm³/mol. The van der Waals surface area contributed by atoms with E-state index in [-0.39, 0.29) is 17.0 Å². The van der Waals surface area contributed by atoms with Gasteiger partial charge in [-0.2, -0.15) is 0 Å². The van der Waals surface area contributed by atoms with Crippen LogP contribution in [0.2, 0.25) is 0 Å². The average molecular weight is 299 g/mol. The van der Waals surface area contributed by atoms with E-state index in [9.17, 15) is 8.42 Å². The summed E-state index contributed by atoms with van der Waals surface area (Å²) in [6.07, 6.45) is 3.06. The van der Waals surface area contributed by atoms with Gasteiger partial charge in [0, 0.05) is 18.8 Å². The molecule has 0 spiro atoms. The Balaban J connectivity index is 2.24. The zero-order valence-corrected chi connectivity index (χ0v) is 12.5. The SMILES string of the molecule is CNS(=O)(=O)c1cc(N)ccc1NC1CCC(OC)C1. The lowest BCUT2D eigenvalue weighted by Gasteiger charge is -2.18. The molecule has 0 aromatic heterocycles. The molecule has 2 unspecified atom stereocenters. The number of methoxy groups -OCH3 is 1. The van der Waals surface area contributed by atoms with Gasteiger partial charge in [-0.15, -0.1) is 0 Å². The maximum atomic E-state index is 12.0. The van der Waals surface area contributed by atoms with Gasteiger partial charge in [0.2, 0.25) is 10.0 Å². The monoisotopic (exact) mass is 299 g/mol. The molecule has 1 fully saturated rings. The number of ether oxygens (including phenoxy) is 1. The van der Waals surface area contributed by atoms with Crippen LogP contribution in [0, 0.1) is 0 Å². The molecule has 2 rings (SSSR count). The minimum atomic E-state index is -3.54. The zero-order valence-electron chi connectivity index (χ0n) is 11.7. The Bertz CT molecular complexity index is 574. The largest absolute Gasteiger partial charge is 0.399 e. The van der Waals surface area contributed by atoms with Crippen LogP contribution in [-0.4, -0.2) is 34.7 Å². The Hall–Kier alpha value is -1.31. The maximum absolute atomic E-state index is 12.0. The number of nitrogens with two attached hydrogens (primary N) is 1. The maximum Gasteiger partial charge on any atom is 0.242 e. The predicted octanol–water partition coefficient (Wildman–Crippen LogP) is 1.16. The highest BCUT2D eigenvalue weighted by Crippen LogP contribution is 2.29. The van der Waals surface area contributed by atoms with Crippen LogP contribution < -0.4 is 15.8 Å². The fourth-order valence-corrected chi connectivity index (χ4v) is 3.42. The molecular weight excluding hydrogens is 278 g/mol. The zero-order chi connectivity index (χ0) is 14.8. The van der Waals surface area contributed by atoms with Gasteiger partial charge in [0.1, 0.15) is 4.90 Å². The summed E-state index contributed by atoms with van der Waals surface area (Å²) in [7, 11) is -0.447. The molecule has 4 N–H and O–H groups in total. The molecule has 112 valence electrons. The lowest BCUT2D eigenvalue weighted by Crippen LogP contribution is -2.23. The van der Waals surface area contributed by atoms with Crippen molar-refractivity contribution in [2.45, 2.75) is 36.3 Å². The van der Waals surface area contributed by atoms with E-state index in [4.69, 9.17) is 10.5 Å². The van der Waals surface area contributed by atoms with Crippen molar-refractivity contribution in [1.29, 1.82) is 0 Å². The van der Waals surface area contributed by atoms with E-state index in [2.05, 4.69) is 10.0 Å². The Morgan fingerprint density at radius 1 is 1.35 bits per heavy atom. The van der Waals surface area contributed by atoms with Crippen molar-refractivity contribution in [2.24, 2.45) is 0 Å². The summed E-state index contributed by atoms with van der Waals surface area (Å²) in [4.78, 5) is 0.181. The molecule has 0 aliphatic heterocycles. The Morgan fingerprint density at radius 2 is 2.10 bits per heavy atom. The van der Waals surface area contributed by atoms with Crippen molar-refractivity contribution in [1.82, 2.24) is 4.72 Å². The van der Waals surface area contributed by atoms with Crippen LogP contribution in [-0.2, 0) is 14.8 Å². The molecule has 0 bridgehead atoms. The third-order valence-corrected chi connectivity index (χ3v) is 5.10. The second kappa shape index (κ2) is 5.99. The summed E-state index contributed by atoms with van der Waals surface area (Å²) in [5.41, 5.74) is 6.69. The molecule has 1 aliphatic carbocycles. The van der Waals surface area contributed by atoms with E-state index in [1.54, 1.807) is 19.2 Å². The van der Waals surface area contributed by atoms with Gasteiger partial charge in [-0.25, -0.2) is 13.1 Å². The lowest BCUT2D eigenvalue weighted by atomic mass is 10.2. The van der Waals surface area contributed by atoms with E-state index in [0.717, 1.165) is 19.3 Å². The lowest BCUT2D eigenvalue weighted by molar-refractivity contribution is 0.108. The van der Waals surface area contributed by atoms with Gasteiger partial charge in [-0.05, 0) is 44.5 Å². The first-order valence-electron chi connectivity index (χ1n) is 6.58. The van der Waals surface area contributed by atoms with Crippen molar-refractivity contribution < 1.29 is 13.2 Å². The number of sulfonamides is 1. The summed E-state index contributed by atoms with van der Waals surface area (Å²) >= 11 is 0. The molecule has 1 aromatic rings. The van der Waals surface area contributed by atoms with Crippen LogP contribution in [0.4, 0.5) is 11.4 Å². The standard InChI is InChI=1S/C13H21N3O3S/c1-15-20(17,18)13-7-9(14)3-6-12(13)16-10-4-5-11(8-10)19-2/h3,6-7,10-11,15-16H,4-5,8,14H2,1-2H3. The van der Waals surface area contributed by atoms with Gasteiger partial charge in [0.05, 0.1) is 11.8 Å². The highest BCUT2D eigenvalue weighted by Gasteiger charge is 2.26. The van der Waals surface area contributed by atoms with E-state index in [0.29, 0.717) is 11.4 Å².